The maximum absolute atomic E-state index is 12.5. The second-order valence-corrected chi connectivity index (χ2v) is 6.74. The Kier molecular flexibility index (Phi) is 4.72. The van der Waals surface area contributed by atoms with Crippen LogP contribution in [0.3, 0.4) is 0 Å². The smallest absolute Gasteiger partial charge is 0.313 e. The van der Waals surface area contributed by atoms with E-state index in [2.05, 4.69) is 0 Å². The lowest BCUT2D eigenvalue weighted by atomic mass is 9.61. The van der Waals surface area contributed by atoms with Gasteiger partial charge in [0.05, 0.1) is 0 Å². The number of benzene rings is 2. The van der Waals surface area contributed by atoms with Gasteiger partial charge >= 0.3 is 5.97 Å². The van der Waals surface area contributed by atoms with Crippen molar-refractivity contribution in [2.45, 2.75) is 44.1 Å². The first-order valence-electron chi connectivity index (χ1n) is 8.68. The predicted octanol–water partition coefficient (Wildman–Crippen LogP) is 4.35. The zero-order valence-electron chi connectivity index (χ0n) is 13.8. The molecule has 0 radical (unpaired) electrons. The molecule has 3 rings (SSSR count). The van der Waals surface area contributed by atoms with Crippen LogP contribution in [0.5, 0.6) is 0 Å². The van der Waals surface area contributed by atoms with E-state index in [9.17, 15) is 15.0 Å². The monoisotopic (exact) mass is 324 g/mol. The van der Waals surface area contributed by atoms with Gasteiger partial charge in [-0.05, 0) is 24.0 Å². The molecule has 1 aliphatic rings. The molecule has 3 nitrogen and oxygen atoms in total. The van der Waals surface area contributed by atoms with Crippen molar-refractivity contribution in [1.82, 2.24) is 0 Å². The topological polar surface area (TPSA) is 57.5 Å². The van der Waals surface area contributed by atoms with E-state index in [0.29, 0.717) is 24.0 Å². The highest BCUT2D eigenvalue weighted by atomic mass is 16.4. The number of carboxylic acid groups (broad SMARTS) is 1. The van der Waals surface area contributed by atoms with Gasteiger partial charge in [-0.1, -0.05) is 86.3 Å². The summed E-state index contributed by atoms with van der Waals surface area (Å²) in [6, 6.07) is 18.5. The molecule has 1 fully saturated rings. The minimum atomic E-state index is -1.54. The van der Waals surface area contributed by atoms with Crippen molar-refractivity contribution < 1.29 is 15.0 Å². The molecule has 24 heavy (non-hydrogen) atoms. The molecule has 1 saturated carbocycles. The third-order valence-corrected chi connectivity index (χ3v) is 5.44. The molecule has 0 unspecified atom stereocenters. The summed E-state index contributed by atoms with van der Waals surface area (Å²) in [6.07, 6.45) is 4.68. The van der Waals surface area contributed by atoms with Crippen LogP contribution < -0.4 is 0 Å². The van der Waals surface area contributed by atoms with Crippen molar-refractivity contribution in [3.05, 3.63) is 71.8 Å². The van der Waals surface area contributed by atoms with Crippen molar-refractivity contribution in [1.29, 1.82) is 0 Å². The Morgan fingerprint density at radius 1 is 0.792 bits per heavy atom. The summed E-state index contributed by atoms with van der Waals surface area (Å²) in [7, 11) is 0. The van der Waals surface area contributed by atoms with Crippen LogP contribution >= 0.6 is 0 Å². The predicted molar refractivity (Wildman–Crippen MR) is 93.7 cm³/mol. The van der Waals surface area contributed by atoms with Crippen molar-refractivity contribution in [3.63, 3.8) is 0 Å². The van der Waals surface area contributed by atoms with E-state index in [4.69, 9.17) is 0 Å². The Hall–Kier alpha value is -2.13. The van der Waals surface area contributed by atoms with Crippen molar-refractivity contribution >= 4 is 5.97 Å². The van der Waals surface area contributed by atoms with Gasteiger partial charge in [0, 0.05) is 0 Å². The first-order chi connectivity index (χ1) is 11.6. The maximum atomic E-state index is 12.5. The van der Waals surface area contributed by atoms with Gasteiger partial charge < -0.3 is 10.2 Å². The third-order valence-electron chi connectivity index (χ3n) is 5.44. The van der Waals surface area contributed by atoms with E-state index in [1.54, 1.807) is 0 Å². The number of rotatable bonds is 4. The SMILES string of the molecule is O=C(O)C1(C(O)(c2ccccc2)c2ccccc2)CCCCCC1. The fraction of sp³-hybridized carbons (Fsp3) is 0.381. The van der Waals surface area contributed by atoms with Gasteiger partial charge in [-0.2, -0.15) is 0 Å². The number of carboxylic acids is 1. The molecule has 2 N–H and O–H groups in total. The van der Waals surface area contributed by atoms with Crippen LogP contribution in [0.1, 0.15) is 49.7 Å². The quantitative estimate of drug-likeness (QED) is 0.822. The molecule has 126 valence electrons. The molecular weight excluding hydrogens is 300 g/mol. The molecule has 0 saturated heterocycles. The van der Waals surface area contributed by atoms with Gasteiger partial charge in [-0.3, -0.25) is 4.79 Å². The number of hydrogen-bond acceptors (Lipinski definition) is 2. The largest absolute Gasteiger partial charge is 0.481 e. The van der Waals surface area contributed by atoms with E-state index in [0.717, 1.165) is 25.7 Å². The Balaban J connectivity index is 2.25. The minimum absolute atomic E-state index is 0.489. The van der Waals surface area contributed by atoms with E-state index < -0.39 is 17.0 Å². The Morgan fingerprint density at radius 3 is 1.58 bits per heavy atom. The minimum Gasteiger partial charge on any atom is -0.481 e. The van der Waals surface area contributed by atoms with E-state index in [1.807, 2.05) is 60.7 Å². The summed E-state index contributed by atoms with van der Waals surface area (Å²) in [4.78, 5) is 12.5. The second kappa shape index (κ2) is 6.78. The van der Waals surface area contributed by atoms with Gasteiger partial charge in [0.2, 0.25) is 0 Å². The van der Waals surface area contributed by atoms with Crippen molar-refractivity contribution in [2.24, 2.45) is 5.41 Å². The maximum Gasteiger partial charge on any atom is 0.313 e. The fourth-order valence-corrected chi connectivity index (χ4v) is 4.14. The van der Waals surface area contributed by atoms with Gasteiger partial charge in [-0.25, -0.2) is 0 Å². The Bertz CT molecular complexity index is 631. The summed E-state index contributed by atoms with van der Waals surface area (Å²) in [5, 5.41) is 22.2. The van der Waals surface area contributed by atoms with Crippen LogP contribution in [0.15, 0.2) is 60.7 Å². The lowest BCUT2D eigenvalue weighted by Crippen LogP contribution is -2.51. The van der Waals surface area contributed by atoms with Crippen LogP contribution in [0.2, 0.25) is 0 Å². The third kappa shape index (κ3) is 2.63. The van der Waals surface area contributed by atoms with Crippen molar-refractivity contribution in [3.8, 4) is 0 Å². The highest BCUT2D eigenvalue weighted by molar-refractivity contribution is 5.78. The molecule has 0 aliphatic heterocycles. The van der Waals surface area contributed by atoms with Crippen LogP contribution in [-0.2, 0) is 10.4 Å². The molecule has 2 aromatic carbocycles. The molecule has 0 heterocycles. The molecule has 2 aromatic rings. The number of aliphatic carboxylic acids is 1. The molecular formula is C21H24O3. The molecule has 0 bridgehead atoms. The summed E-state index contributed by atoms with van der Waals surface area (Å²) in [6.45, 7) is 0. The number of carbonyl (C=O) groups is 1. The summed E-state index contributed by atoms with van der Waals surface area (Å²) >= 11 is 0. The summed E-state index contributed by atoms with van der Waals surface area (Å²) in [5.74, 6) is -0.903. The highest BCUT2D eigenvalue weighted by Crippen LogP contribution is 2.52. The van der Waals surface area contributed by atoms with Crippen molar-refractivity contribution in [2.75, 3.05) is 0 Å². The van der Waals surface area contributed by atoms with Gasteiger partial charge in [0.1, 0.15) is 11.0 Å². The zero-order chi connectivity index (χ0) is 17.0. The molecule has 0 aromatic heterocycles. The molecule has 0 amide bonds. The van der Waals surface area contributed by atoms with E-state index >= 15 is 0 Å². The van der Waals surface area contributed by atoms with Gasteiger partial charge in [-0.15, -0.1) is 0 Å². The average Bonchev–Trinajstić information content (AvgIpc) is 2.90. The van der Waals surface area contributed by atoms with Gasteiger partial charge in [0.15, 0.2) is 0 Å². The second-order valence-electron chi connectivity index (χ2n) is 6.74. The summed E-state index contributed by atoms with van der Waals surface area (Å²) in [5.41, 5.74) is -1.43. The van der Waals surface area contributed by atoms with E-state index in [-0.39, 0.29) is 0 Å². The summed E-state index contributed by atoms with van der Waals surface area (Å²) < 4.78 is 0. The fourth-order valence-electron chi connectivity index (χ4n) is 4.14. The average molecular weight is 324 g/mol. The standard InChI is InChI=1S/C21H24O3/c22-19(23)20(15-9-1-2-10-16-20)21(24,17-11-5-3-6-12-17)18-13-7-4-8-14-18/h3-8,11-14,24H,1-2,9-10,15-16H2,(H,22,23). The first kappa shape index (κ1) is 16.7. The number of aliphatic hydroxyl groups is 1. The normalized spacial score (nSPS) is 17.9. The highest BCUT2D eigenvalue weighted by Gasteiger charge is 2.57. The lowest BCUT2D eigenvalue weighted by molar-refractivity contribution is -0.168. The van der Waals surface area contributed by atoms with Crippen LogP contribution in [0.25, 0.3) is 0 Å². The molecule has 0 atom stereocenters. The van der Waals surface area contributed by atoms with E-state index in [1.165, 1.54) is 0 Å². The molecule has 3 heteroatoms. The van der Waals surface area contributed by atoms with Gasteiger partial charge in [0.25, 0.3) is 0 Å². The molecule has 0 spiro atoms. The Labute approximate surface area is 143 Å². The van der Waals surface area contributed by atoms with Crippen LogP contribution in [0.4, 0.5) is 0 Å². The lowest BCUT2D eigenvalue weighted by Gasteiger charge is -2.45. The first-order valence-corrected chi connectivity index (χ1v) is 8.68. The zero-order valence-corrected chi connectivity index (χ0v) is 13.8. The molecule has 1 aliphatic carbocycles. The number of hydrogen-bond donors (Lipinski definition) is 2. The van der Waals surface area contributed by atoms with Crippen LogP contribution in [-0.4, -0.2) is 16.2 Å². The van der Waals surface area contributed by atoms with Crippen LogP contribution in [0, 0.1) is 5.41 Å². The Morgan fingerprint density at radius 2 is 1.21 bits per heavy atom.